The maximum Gasteiger partial charge on any atom is 0.251 e. The maximum absolute atomic E-state index is 12.6. The van der Waals surface area contributed by atoms with Crippen molar-refractivity contribution >= 4 is 34.8 Å². The highest BCUT2D eigenvalue weighted by Crippen LogP contribution is 2.16. The SMILES string of the molecule is CC(C)C(=O)Nc1ccc(NC(=O)CNc2cccc(C(=O)NC(C)c3ccccc3)c2)cc1. The van der Waals surface area contributed by atoms with Gasteiger partial charge in [0.05, 0.1) is 12.6 Å². The second-order valence-electron chi connectivity index (χ2n) is 8.31. The molecule has 0 saturated heterocycles. The van der Waals surface area contributed by atoms with Crippen LogP contribution in [0, 0.1) is 5.92 Å². The lowest BCUT2D eigenvalue weighted by molar-refractivity contribution is -0.119. The van der Waals surface area contributed by atoms with Crippen LogP contribution in [0.1, 0.15) is 42.7 Å². The van der Waals surface area contributed by atoms with Crippen LogP contribution < -0.4 is 21.3 Å². The van der Waals surface area contributed by atoms with Crippen molar-refractivity contribution in [2.45, 2.75) is 26.8 Å². The molecular weight excluding hydrogens is 428 g/mol. The van der Waals surface area contributed by atoms with Crippen LogP contribution in [-0.4, -0.2) is 24.3 Å². The van der Waals surface area contributed by atoms with Gasteiger partial charge < -0.3 is 21.3 Å². The molecule has 0 aromatic heterocycles. The van der Waals surface area contributed by atoms with Crippen molar-refractivity contribution in [2.75, 3.05) is 22.5 Å². The van der Waals surface area contributed by atoms with E-state index in [0.717, 1.165) is 5.56 Å². The van der Waals surface area contributed by atoms with E-state index >= 15 is 0 Å². The average Bonchev–Trinajstić information content (AvgIpc) is 2.84. The van der Waals surface area contributed by atoms with Gasteiger partial charge in [-0.3, -0.25) is 14.4 Å². The van der Waals surface area contributed by atoms with Crippen molar-refractivity contribution in [1.29, 1.82) is 0 Å². The minimum Gasteiger partial charge on any atom is -0.376 e. The highest BCUT2D eigenvalue weighted by Gasteiger charge is 2.12. The van der Waals surface area contributed by atoms with E-state index in [2.05, 4.69) is 21.3 Å². The molecule has 1 unspecified atom stereocenters. The average molecular weight is 459 g/mol. The zero-order valence-corrected chi connectivity index (χ0v) is 19.6. The molecule has 1 atom stereocenters. The van der Waals surface area contributed by atoms with Crippen molar-refractivity contribution in [3.05, 3.63) is 90.0 Å². The summed E-state index contributed by atoms with van der Waals surface area (Å²) in [6, 6.07) is 23.6. The molecule has 3 aromatic carbocycles. The number of hydrogen-bond donors (Lipinski definition) is 4. The van der Waals surface area contributed by atoms with E-state index in [1.807, 2.05) is 51.1 Å². The first kappa shape index (κ1) is 24.5. The lowest BCUT2D eigenvalue weighted by Crippen LogP contribution is -2.26. The Kier molecular flexibility index (Phi) is 8.40. The molecule has 0 aliphatic rings. The summed E-state index contributed by atoms with van der Waals surface area (Å²) in [5, 5.41) is 11.6. The summed E-state index contributed by atoms with van der Waals surface area (Å²) in [6.07, 6.45) is 0. The fourth-order valence-corrected chi connectivity index (χ4v) is 3.19. The van der Waals surface area contributed by atoms with Gasteiger partial charge in [-0.15, -0.1) is 0 Å². The van der Waals surface area contributed by atoms with E-state index in [1.54, 1.807) is 48.5 Å². The summed E-state index contributed by atoms with van der Waals surface area (Å²) < 4.78 is 0. The molecule has 0 bridgehead atoms. The second kappa shape index (κ2) is 11.7. The van der Waals surface area contributed by atoms with Crippen LogP contribution in [0.2, 0.25) is 0 Å². The first-order valence-corrected chi connectivity index (χ1v) is 11.2. The quantitative estimate of drug-likeness (QED) is 0.369. The summed E-state index contributed by atoms with van der Waals surface area (Å²) in [4.78, 5) is 36.7. The summed E-state index contributed by atoms with van der Waals surface area (Å²) in [5.41, 5.74) is 3.50. The molecule has 0 radical (unpaired) electrons. The van der Waals surface area contributed by atoms with Crippen molar-refractivity contribution < 1.29 is 14.4 Å². The topological polar surface area (TPSA) is 99.3 Å². The summed E-state index contributed by atoms with van der Waals surface area (Å²) in [6.45, 7) is 5.62. The largest absolute Gasteiger partial charge is 0.376 e. The molecule has 0 spiro atoms. The standard InChI is InChI=1S/C27H30N4O3/c1-18(2)26(33)31-23-14-12-22(13-15-23)30-25(32)17-28-24-11-7-10-21(16-24)27(34)29-19(3)20-8-5-4-6-9-20/h4-16,18-19,28H,17H2,1-3H3,(H,29,34)(H,30,32)(H,31,33). The third-order valence-corrected chi connectivity index (χ3v) is 5.19. The Morgan fingerprint density at radius 3 is 2.03 bits per heavy atom. The van der Waals surface area contributed by atoms with E-state index in [1.165, 1.54) is 0 Å². The van der Waals surface area contributed by atoms with Crippen LogP contribution in [0.5, 0.6) is 0 Å². The molecule has 0 aliphatic carbocycles. The van der Waals surface area contributed by atoms with Gasteiger partial charge in [-0.25, -0.2) is 0 Å². The maximum atomic E-state index is 12.6. The van der Waals surface area contributed by atoms with Crippen LogP contribution in [0.4, 0.5) is 17.1 Å². The Balaban J connectivity index is 1.50. The highest BCUT2D eigenvalue weighted by atomic mass is 16.2. The van der Waals surface area contributed by atoms with Gasteiger partial charge in [0.15, 0.2) is 0 Å². The number of amides is 3. The Hall–Kier alpha value is -4.13. The van der Waals surface area contributed by atoms with Crippen LogP contribution in [0.25, 0.3) is 0 Å². The molecule has 3 rings (SSSR count). The number of anilines is 3. The molecule has 0 fully saturated rings. The fourth-order valence-electron chi connectivity index (χ4n) is 3.19. The third kappa shape index (κ3) is 7.20. The normalized spacial score (nSPS) is 11.4. The lowest BCUT2D eigenvalue weighted by atomic mass is 10.1. The minimum atomic E-state index is -0.230. The Morgan fingerprint density at radius 2 is 1.38 bits per heavy atom. The van der Waals surface area contributed by atoms with Gasteiger partial charge in [0.25, 0.3) is 5.91 Å². The number of hydrogen-bond acceptors (Lipinski definition) is 4. The molecule has 7 nitrogen and oxygen atoms in total. The fraction of sp³-hybridized carbons (Fsp3) is 0.222. The van der Waals surface area contributed by atoms with Crippen molar-refractivity contribution in [3.63, 3.8) is 0 Å². The molecular formula is C27H30N4O3. The van der Waals surface area contributed by atoms with Crippen molar-refractivity contribution in [2.24, 2.45) is 5.92 Å². The van der Waals surface area contributed by atoms with Crippen LogP contribution in [0.15, 0.2) is 78.9 Å². The molecule has 3 aromatic rings. The Morgan fingerprint density at radius 1 is 0.735 bits per heavy atom. The van der Waals surface area contributed by atoms with Gasteiger partial charge >= 0.3 is 0 Å². The van der Waals surface area contributed by atoms with E-state index in [-0.39, 0.29) is 36.2 Å². The molecule has 176 valence electrons. The predicted octanol–water partition coefficient (Wildman–Crippen LogP) is 4.82. The molecule has 0 saturated carbocycles. The van der Waals surface area contributed by atoms with Crippen molar-refractivity contribution in [1.82, 2.24) is 5.32 Å². The molecule has 3 amide bonds. The first-order valence-electron chi connectivity index (χ1n) is 11.2. The zero-order valence-electron chi connectivity index (χ0n) is 19.6. The van der Waals surface area contributed by atoms with E-state index < -0.39 is 0 Å². The van der Waals surface area contributed by atoms with E-state index in [4.69, 9.17) is 0 Å². The molecule has 7 heteroatoms. The van der Waals surface area contributed by atoms with Gasteiger partial charge in [0.2, 0.25) is 11.8 Å². The minimum absolute atomic E-state index is 0.0390. The van der Waals surface area contributed by atoms with E-state index in [9.17, 15) is 14.4 Å². The van der Waals surface area contributed by atoms with Gasteiger partial charge in [0.1, 0.15) is 0 Å². The zero-order chi connectivity index (χ0) is 24.5. The van der Waals surface area contributed by atoms with Gasteiger partial charge in [0, 0.05) is 28.5 Å². The van der Waals surface area contributed by atoms with E-state index in [0.29, 0.717) is 22.6 Å². The third-order valence-electron chi connectivity index (χ3n) is 5.19. The lowest BCUT2D eigenvalue weighted by Gasteiger charge is -2.15. The second-order valence-corrected chi connectivity index (χ2v) is 8.31. The number of rotatable bonds is 9. The van der Waals surface area contributed by atoms with Gasteiger partial charge in [-0.1, -0.05) is 50.2 Å². The van der Waals surface area contributed by atoms with Crippen LogP contribution in [0.3, 0.4) is 0 Å². The van der Waals surface area contributed by atoms with Gasteiger partial charge in [-0.2, -0.15) is 0 Å². The Labute approximate surface area is 200 Å². The monoisotopic (exact) mass is 458 g/mol. The Bertz CT molecular complexity index is 1130. The predicted molar refractivity (Wildman–Crippen MR) is 136 cm³/mol. The summed E-state index contributed by atoms with van der Waals surface area (Å²) >= 11 is 0. The number of carbonyl (C=O) groups is 3. The number of nitrogens with one attached hydrogen (secondary N) is 4. The molecule has 34 heavy (non-hydrogen) atoms. The molecule has 4 N–H and O–H groups in total. The highest BCUT2D eigenvalue weighted by molar-refractivity contribution is 5.97. The summed E-state index contributed by atoms with van der Waals surface area (Å²) in [5.74, 6) is -0.589. The first-order chi connectivity index (χ1) is 16.3. The van der Waals surface area contributed by atoms with Gasteiger partial charge in [-0.05, 0) is 55.0 Å². The number of carbonyl (C=O) groups excluding carboxylic acids is 3. The molecule has 0 aliphatic heterocycles. The smallest absolute Gasteiger partial charge is 0.251 e. The van der Waals surface area contributed by atoms with Crippen molar-refractivity contribution in [3.8, 4) is 0 Å². The molecule has 0 heterocycles. The summed E-state index contributed by atoms with van der Waals surface area (Å²) in [7, 11) is 0. The van der Waals surface area contributed by atoms with Crippen LogP contribution >= 0.6 is 0 Å². The number of benzene rings is 3. The van der Waals surface area contributed by atoms with Crippen LogP contribution in [-0.2, 0) is 9.59 Å².